The van der Waals surface area contributed by atoms with Gasteiger partial charge in [-0.15, -0.1) is 0 Å². The predicted octanol–water partition coefficient (Wildman–Crippen LogP) is 2.37. The molecule has 16 heavy (non-hydrogen) atoms. The van der Waals surface area contributed by atoms with Gasteiger partial charge in [0.05, 0.1) is 11.0 Å². The molecule has 0 N–H and O–H groups in total. The summed E-state index contributed by atoms with van der Waals surface area (Å²) in [6, 6.07) is 14.4. The molecule has 2 aromatic carbocycles. The Balaban J connectivity index is 2.46. The first-order chi connectivity index (χ1) is 7.68. The fourth-order valence-electron chi connectivity index (χ4n) is 1.49. The molecule has 0 unspecified atom stereocenters. The Morgan fingerprint density at radius 2 is 1.69 bits per heavy atom. The van der Waals surface area contributed by atoms with Crippen LogP contribution in [0.4, 0.5) is 0 Å². The summed E-state index contributed by atoms with van der Waals surface area (Å²) in [4.78, 5) is 10.7. The van der Waals surface area contributed by atoms with Gasteiger partial charge in [-0.1, -0.05) is 54.1 Å². The lowest BCUT2D eigenvalue weighted by Gasteiger charge is -2.07. The molecular formula is C13H8ClO2-. The molecule has 0 aliphatic carbocycles. The van der Waals surface area contributed by atoms with Crippen LogP contribution in [0.3, 0.4) is 0 Å². The summed E-state index contributed by atoms with van der Waals surface area (Å²) in [6.45, 7) is 0. The Hall–Kier alpha value is -1.80. The van der Waals surface area contributed by atoms with Crippen LogP contribution in [-0.2, 0) is 0 Å². The van der Waals surface area contributed by atoms with Gasteiger partial charge in [0, 0.05) is 5.56 Å². The van der Waals surface area contributed by atoms with E-state index in [1.54, 1.807) is 12.1 Å². The number of aromatic carboxylic acids is 1. The fourth-order valence-corrected chi connectivity index (χ4v) is 1.75. The molecule has 2 nitrogen and oxygen atoms in total. The van der Waals surface area contributed by atoms with Crippen LogP contribution in [-0.4, -0.2) is 5.97 Å². The molecule has 0 saturated carbocycles. The molecule has 0 amide bonds. The van der Waals surface area contributed by atoms with Crippen LogP contribution in [0.25, 0.3) is 11.1 Å². The Morgan fingerprint density at radius 3 is 2.25 bits per heavy atom. The summed E-state index contributed by atoms with van der Waals surface area (Å²) in [6.07, 6.45) is 0. The number of carbonyl (C=O) groups is 1. The topological polar surface area (TPSA) is 40.1 Å². The minimum atomic E-state index is -1.26. The van der Waals surface area contributed by atoms with Crippen molar-refractivity contribution in [1.29, 1.82) is 0 Å². The van der Waals surface area contributed by atoms with E-state index in [2.05, 4.69) is 0 Å². The van der Waals surface area contributed by atoms with E-state index >= 15 is 0 Å². The Kier molecular flexibility index (Phi) is 2.93. The first-order valence-corrected chi connectivity index (χ1v) is 5.12. The molecule has 0 aromatic heterocycles. The van der Waals surface area contributed by atoms with E-state index in [0.717, 1.165) is 11.1 Å². The van der Waals surface area contributed by atoms with Gasteiger partial charge in [-0.3, -0.25) is 0 Å². The molecule has 0 atom stereocenters. The molecule has 0 bridgehead atoms. The van der Waals surface area contributed by atoms with Gasteiger partial charge in [0.2, 0.25) is 0 Å². The molecule has 2 rings (SSSR count). The minimum absolute atomic E-state index is 0.0151. The number of carbonyl (C=O) groups excluding carboxylic acids is 1. The number of hydrogen-bond acceptors (Lipinski definition) is 2. The van der Waals surface area contributed by atoms with Gasteiger partial charge in [0.25, 0.3) is 0 Å². The molecule has 80 valence electrons. The molecule has 0 aliphatic rings. The van der Waals surface area contributed by atoms with Gasteiger partial charge in [0.15, 0.2) is 0 Å². The van der Waals surface area contributed by atoms with Crippen molar-refractivity contribution in [2.75, 3.05) is 0 Å². The largest absolute Gasteiger partial charge is 0.545 e. The van der Waals surface area contributed by atoms with Crippen molar-refractivity contribution >= 4 is 17.6 Å². The predicted molar refractivity (Wildman–Crippen MR) is 61.2 cm³/mol. The normalized spacial score (nSPS) is 10.1. The molecule has 0 radical (unpaired) electrons. The van der Waals surface area contributed by atoms with Crippen LogP contribution < -0.4 is 5.11 Å². The second kappa shape index (κ2) is 4.37. The quantitative estimate of drug-likeness (QED) is 0.796. The van der Waals surface area contributed by atoms with E-state index in [0.29, 0.717) is 0 Å². The van der Waals surface area contributed by atoms with Crippen LogP contribution >= 0.6 is 11.6 Å². The highest BCUT2D eigenvalue weighted by atomic mass is 35.5. The molecule has 0 spiro atoms. The van der Waals surface area contributed by atoms with Crippen LogP contribution in [0.1, 0.15) is 10.4 Å². The number of carboxylic acids is 1. The molecule has 0 fully saturated rings. The Morgan fingerprint density at radius 1 is 1.00 bits per heavy atom. The highest BCUT2D eigenvalue weighted by molar-refractivity contribution is 6.33. The lowest BCUT2D eigenvalue weighted by Crippen LogP contribution is -2.22. The van der Waals surface area contributed by atoms with Crippen LogP contribution in [0.5, 0.6) is 0 Å². The van der Waals surface area contributed by atoms with Gasteiger partial charge in [-0.2, -0.15) is 0 Å². The average molecular weight is 232 g/mol. The number of carboxylic acid groups (broad SMARTS) is 1. The molecule has 3 heteroatoms. The van der Waals surface area contributed by atoms with E-state index in [1.165, 1.54) is 6.07 Å². The van der Waals surface area contributed by atoms with E-state index in [-0.39, 0.29) is 10.6 Å². The summed E-state index contributed by atoms with van der Waals surface area (Å²) in [5.74, 6) is -1.26. The van der Waals surface area contributed by atoms with Gasteiger partial charge in [-0.05, 0) is 17.2 Å². The van der Waals surface area contributed by atoms with Gasteiger partial charge < -0.3 is 9.90 Å². The maximum Gasteiger partial charge on any atom is 0.0730 e. The smallest absolute Gasteiger partial charge is 0.0730 e. The minimum Gasteiger partial charge on any atom is -0.545 e. The molecule has 0 saturated heterocycles. The Labute approximate surface area is 98.1 Å². The summed E-state index contributed by atoms with van der Waals surface area (Å²) in [5.41, 5.74) is 1.89. The van der Waals surface area contributed by atoms with E-state index in [9.17, 15) is 9.90 Å². The molecule has 0 aliphatic heterocycles. The van der Waals surface area contributed by atoms with Crippen molar-refractivity contribution in [3.05, 3.63) is 59.1 Å². The number of hydrogen-bond donors (Lipinski definition) is 0. The summed E-state index contributed by atoms with van der Waals surface area (Å²) < 4.78 is 0. The van der Waals surface area contributed by atoms with Crippen molar-refractivity contribution < 1.29 is 9.90 Å². The maximum absolute atomic E-state index is 10.7. The monoisotopic (exact) mass is 231 g/mol. The SMILES string of the molecule is O=C([O-])c1ccc(-c2ccccc2)cc1Cl. The van der Waals surface area contributed by atoms with Crippen molar-refractivity contribution in [3.8, 4) is 11.1 Å². The Bertz CT molecular complexity index is 521. The van der Waals surface area contributed by atoms with Gasteiger partial charge in [0.1, 0.15) is 0 Å². The van der Waals surface area contributed by atoms with E-state index < -0.39 is 5.97 Å². The molecule has 0 heterocycles. The third-order valence-electron chi connectivity index (χ3n) is 2.30. The zero-order valence-electron chi connectivity index (χ0n) is 8.31. The second-order valence-corrected chi connectivity index (χ2v) is 3.76. The van der Waals surface area contributed by atoms with Gasteiger partial charge in [-0.25, -0.2) is 0 Å². The van der Waals surface area contributed by atoms with E-state index in [4.69, 9.17) is 11.6 Å². The number of halogens is 1. The van der Waals surface area contributed by atoms with Crippen molar-refractivity contribution in [1.82, 2.24) is 0 Å². The average Bonchev–Trinajstić information content (AvgIpc) is 2.29. The third kappa shape index (κ3) is 2.07. The van der Waals surface area contributed by atoms with Crippen molar-refractivity contribution in [2.45, 2.75) is 0 Å². The molecular weight excluding hydrogens is 224 g/mol. The number of benzene rings is 2. The highest BCUT2D eigenvalue weighted by Gasteiger charge is 2.03. The zero-order chi connectivity index (χ0) is 11.5. The zero-order valence-corrected chi connectivity index (χ0v) is 9.07. The van der Waals surface area contributed by atoms with Crippen molar-refractivity contribution in [3.63, 3.8) is 0 Å². The van der Waals surface area contributed by atoms with Crippen molar-refractivity contribution in [2.24, 2.45) is 0 Å². The summed E-state index contributed by atoms with van der Waals surface area (Å²) in [5, 5.41) is 10.9. The van der Waals surface area contributed by atoms with Crippen LogP contribution in [0.15, 0.2) is 48.5 Å². The molecule has 2 aromatic rings. The third-order valence-corrected chi connectivity index (χ3v) is 2.61. The maximum atomic E-state index is 10.7. The highest BCUT2D eigenvalue weighted by Crippen LogP contribution is 2.25. The van der Waals surface area contributed by atoms with Crippen LogP contribution in [0.2, 0.25) is 5.02 Å². The second-order valence-electron chi connectivity index (χ2n) is 3.35. The number of rotatable bonds is 2. The lowest BCUT2D eigenvalue weighted by atomic mass is 10.0. The lowest BCUT2D eigenvalue weighted by molar-refractivity contribution is -0.255. The summed E-state index contributed by atoms with van der Waals surface area (Å²) >= 11 is 5.85. The van der Waals surface area contributed by atoms with Gasteiger partial charge >= 0.3 is 0 Å². The summed E-state index contributed by atoms with van der Waals surface area (Å²) in [7, 11) is 0. The fraction of sp³-hybridized carbons (Fsp3) is 0. The standard InChI is InChI=1S/C13H9ClO2/c14-12-8-10(6-7-11(12)13(15)16)9-4-2-1-3-5-9/h1-8H,(H,15,16)/p-1. The first-order valence-electron chi connectivity index (χ1n) is 4.75. The van der Waals surface area contributed by atoms with E-state index in [1.807, 2.05) is 30.3 Å². The first kappa shape index (κ1) is 10.7. The van der Waals surface area contributed by atoms with Crippen LogP contribution in [0, 0.1) is 0 Å².